The van der Waals surface area contributed by atoms with Crippen molar-refractivity contribution >= 4 is 21.6 Å². The van der Waals surface area contributed by atoms with Crippen molar-refractivity contribution in [2.75, 3.05) is 30.3 Å². The molecule has 0 fully saturated rings. The van der Waals surface area contributed by atoms with E-state index in [0.717, 1.165) is 23.3 Å². The van der Waals surface area contributed by atoms with Gasteiger partial charge in [0.05, 0.1) is 18.5 Å². The number of ether oxygens (including phenoxy) is 1. The predicted octanol–water partition coefficient (Wildman–Crippen LogP) is 3.30. The Labute approximate surface area is 173 Å². The van der Waals surface area contributed by atoms with Crippen molar-refractivity contribution in [2.45, 2.75) is 33.1 Å². The lowest BCUT2D eigenvalue weighted by Crippen LogP contribution is -2.33. The molecule has 0 saturated carbocycles. The summed E-state index contributed by atoms with van der Waals surface area (Å²) in [5, 5.41) is 2.81. The largest absolute Gasteiger partial charge is 0.492 e. The molecule has 2 rings (SSSR count). The predicted molar refractivity (Wildman–Crippen MR) is 117 cm³/mol. The molecule has 1 amide bonds. The summed E-state index contributed by atoms with van der Waals surface area (Å²) in [6.07, 6.45) is 2.63. The zero-order valence-electron chi connectivity index (χ0n) is 17.3. The zero-order chi connectivity index (χ0) is 21.3. The molecule has 1 N–H and O–H groups in total. The first-order valence-corrected chi connectivity index (χ1v) is 11.7. The van der Waals surface area contributed by atoms with Crippen LogP contribution in [-0.4, -0.2) is 40.3 Å². The second-order valence-corrected chi connectivity index (χ2v) is 8.84. The fourth-order valence-electron chi connectivity index (χ4n) is 3.05. The van der Waals surface area contributed by atoms with Crippen LogP contribution in [0.2, 0.25) is 0 Å². The number of hydrogen-bond acceptors (Lipinski definition) is 4. The van der Waals surface area contributed by atoms with Crippen LogP contribution in [0.4, 0.5) is 5.69 Å². The van der Waals surface area contributed by atoms with Gasteiger partial charge >= 0.3 is 0 Å². The van der Waals surface area contributed by atoms with Gasteiger partial charge in [-0.3, -0.25) is 9.10 Å². The van der Waals surface area contributed by atoms with E-state index in [1.807, 2.05) is 62.4 Å². The number of hydrogen-bond donors (Lipinski definition) is 1. The van der Waals surface area contributed by atoms with Gasteiger partial charge in [0.25, 0.3) is 0 Å². The normalized spacial score (nSPS) is 11.1. The SMILES string of the molecule is CCc1ccccc1N(CCCC(=O)NCCOc1cccc(C)c1)S(C)(=O)=O. The topological polar surface area (TPSA) is 75.7 Å². The fraction of sp³-hybridized carbons (Fsp3) is 0.409. The molecule has 0 heterocycles. The molecule has 29 heavy (non-hydrogen) atoms. The molecule has 0 atom stereocenters. The quantitative estimate of drug-likeness (QED) is 0.568. The molecular formula is C22H30N2O4S. The highest BCUT2D eigenvalue weighted by molar-refractivity contribution is 7.92. The first-order chi connectivity index (χ1) is 13.8. The maximum Gasteiger partial charge on any atom is 0.232 e. The molecule has 0 bridgehead atoms. The van der Waals surface area contributed by atoms with Crippen LogP contribution in [0.15, 0.2) is 48.5 Å². The summed E-state index contributed by atoms with van der Waals surface area (Å²) in [6.45, 7) is 5.04. The second kappa shape index (κ2) is 10.9. The second-order valence-electron chi connectivity index (χ2n) is 6.94. The van der Waals surface area contributed by atoms with Crippen molar-refractivity contribution in [1.82, 2.24) is 5.32 Å². The monoisotopic (exact) mass is 418 g/mol. The fourth-order valence-corrected chi connectivity index (χ4v) is 4.05. The molecular weight excluding hydrogens is 388 g/mol. The third kappa shape index (κ3) is 7.42. The van der Waals surface area contributed by atoms with Gasteiger partial charge < -0.3 is 10.1 Å². The van der Waals surface area contributed by atoms with Crippen LogP contribution in [0, 0.1) is 6.92 Å². The Hall–Kier alpha value is -2.54. The maximum atomic E-state index is 12.3. The first kappa shape index (κ1) is 22.7. The van der Waals surface area contributed by atoms with E-state index in [9.17, 15) is 13.2 Å². The summed E-state index contributed by atoms with van der Waals surface area (Å²) in [5.41, 5.74) is 2.77. The number of aryl methyl sites for hydroxylation is 2. The molecule has 2 aromatic rings. The van der Waals surface area contributed by atoms with Gasteiger partial charge in [0.15, 0.2) is 0 Å². The van der Waals surface area contributed by atoms with Crippen molar-refractivity contribution in [3.63, 3.8) is 0 Å². The Morgan fingerprint density at radius 3 is 2.59 bits per heavy atom. The lowest BCUT2D eigenvalue weighted by Gasteiger charge is -2.24. The summed E-state index contributed by atoms with van der Waals surface area (Å²) >= 11 is 0. The van der Waals surface area contributed by atoms with Gasteiger partial charge in [-0.1, -0.05) is 37.3 Å². The minimum absolute atomic E-state index is 0.116. The molecule has 0 aliphatic rings. The van der Waals surface area contributed by atoms with Crippen LogP contribution < -0.4 is 14.4 Å². The van der Waals surface area contributed by atoms with E-state index in [1.165, 1.54) is 10.6 Å². The third-order valence-corrected chi connectivity index (χ3v) is 5.67. The van der Waals surface area contributed by atoms with Crippen LogP contribution in [0.25, 0.3) is 0 Å². The molecule has 0 aromatic heterocycles. The molecule has 0 radical (unpaired) electrons. The Balaban J connectivity index is 1.79. The standard InChI is InChI=1S/C22H30N2O4S/c1-4-19-10-5-6-12-21(19)24(29(3,26)27)15-8-13-22(25)23-14-16-28-20-11-7-9-18(2)17-20/h5-7,9-12,17H,4,8,13-16H2,1-3H3,(H,23,25). The average Bonchev–Trinajstić information content (AvgIpc) is 2.68. The Bertz CT molecular complexity index is 913. The molecule has 158 valence electrons. The molecule has 0 aliphatic carbocycles. The molecule has 0 spiro atoms. The number of anilines is 1. The maximum absolute atomic E-state index is 12.3. The molecule has 6 nitrogen and oxygen atoms in total. The van der Waals surface area contributed by atoms with Crippen molar-refractivity contribution in [1.29, 1.82) is 0 Å². The Kier molecular flexibility index (Phi) is 8.51. The van der Waals surface area contributed by atoms with Crippen molar-refractivity contribution in [2.24, 2.45) is 0 Å². The smallest absolute Gasteiger partial charge is 0.232 e. The lowest BCUT2D eigenvalue weighted by atomic mass is 10.1. The van der Waals surface area contributed by atoms with Crippen molar-refractivity contribution < 1.29 is 17.9 Å². The minimum atomic E-state index is -3.42. The zero-order valence-corrected chi connectivity index (χ0v) is 18.2. The molecule has 0 aliphatic heterocycles. The van der Waals surface area contributed by atoms with Crippen LogP contribution >= 0.6 is 0 Å². The van der Waals surface area contributed by atoms with Crippen LogP contribution in [0.3, 0.4) is 0 Å². The number of carbonyl (C=O) groups is 1. The number of rotatable bonds is 11. The van der Waals surface area contributed by atoms with Gasteiger partial charge in [-0.2, -0.15) is 0 Å². The average molecular weight is 419 g/mol. The van der Waals surface area contributed by atoms with Gasteiger partial charge in [0, 0.05) is 13.0 Å². The number of nitrogens with zero attached hydrogens (tertiary/aromatic N) is 1. The van der Waals surface area contributed by atoms with Crippen LogP contribution in [0.5, 0.6) is 5.75 Å². The van der Waals surface area contributed by atoms with Gasteiger partial charge in [-0.05, 0) is 49.1 Å². The summed E-state index contributed by atoms with van der Waals surface area (Å²) in [6, 6.07) is 15.2. The van der Waals surface area contributed by atoms with Gasteiger partial charge in [0.2, 0.25) is 15.9 Å². The third-order valence-electron chi connectivity index (χ3n) is 4.49. The number of carbonyl (C=O) groups excluding carboxylic acids is 1. The van der Waals surface area contributed by atoms with Crippen LogP contribution in [0.1, 0.15) is 30.9 Å². The van der Waals surface area contributed by atoms with Crippen molar-refractivity contribution in [3.05, 3.63) is 59.7 Å². The number of para-hydroxylation sites is 1. The van der Waals surface area contributed by atoms with E-state index in [4.69, 9.17) is 4.74 Å². The highest BCUT2D eigenvalue weighted by atomic mass is 32.2. The minimum Gasteiger partial charge on any atom is -0.492 e. The van der Waals surface area contributed by atoms with Crippen LogP contribution in [-0.2, 0) is 21.2 Å². The van der Waals surface area contributed by atoms with Gasteiger partial charge in [-0.25, -0.2) is 8.42 Å². The van der Waals surface area contributed by atoms with E-state index >= 15 is 0 Å². The summed E-state index contributed by atoms with van der Waals surface area (Å²) in [5.74, 6) is 0.660. The van der Waals surface area contributed by atoms with Crippen molar-refractivity contribution in [3.8, 4) is 5.75 Å². The van der Waals surface area contributed by atoms with E-state index in [0.29, 0.717) is 25.3 Å². The summed E-state index contributed by atoms with van der Waals surface area (Å²) in [7, 11) is -3.42. The number of amides is 1. The first-order valence-electron chi connectivity index (χ1n) is 9.83. The van der Waals surface area contributed by atoms with Gasteiger partial charge in [-0.15, -0.1) is 0 Å². The summed E-state index contributed by atoms with van der Waals surface area (Å²) in [4.78, 5) is 12.1. The number of sulfonamides is 1. The van der Waals surface area contributed by atoms with Gasteiger partial charge in [0.1, 0.15) is 12.4 Å². The highest BCUT2D eigenvalue weighted by Crippen LogP contribution is 2.23. The summed E-state index contributed by atoms with van der Waals surface area (Å²) < 4.78 is 31.5. The molecule has 0 saturated heterocycles. The Morgan fingerprint density at radius 1 is 1.14 bits per heavy atom. The van der Waals surface area contributed by atoms with E-state index in [-0.39, 0.29) is 18.9 Å². The number of nitrogens with one attached hydrogen (secondary N) is 1. The molecule has 2 aromatic carbocycles. The molecule has 0 unspecified atom stereocenters. The van der Waals surface area contributed by atoms with E-state index in [1.54, 1.807) is 0 Å². The molecule has 7 heteroatoms. The lowest BCUT2D eigenvalue weighted by molar-refractivity contribution is -0.121. The number of benzene rings is 2. The van der Waals surface area contributed by atoms with E-state index < -0.39 is 10.0 Å². The van der Waals surface area contributed by atoms with E-state index in [2.05, 4.69) is 5.32 Å². The highest BCUT2D eigenvalue weighted by Gasteiger charge is 2.19. The Morgan fingerprint density at radius 2 is 1.90 bits per heavy atom.